The normalized spacial score (nSPS) is 12.6. The summed E-state index contributed by atoms with van der Waals surface area (Å²) in [6, 6.07) is 3.59. The zero-order chi connectivity index (χ0) is 38.4. The van der Waals surface area contributed by atoms with Crippen molar-refractivity contribution in [2.75, 3.05) is 17.6 Å². The van der Waals surface area contributed by atoms with E-state index in [1.54, 1.807) is 19.1 Å². The highest BCUT2D eigenvalue weighted by atomic mass is 16.4. The number of rotatable bonds is 21. The van der Waals surface area contributed by atoms with Crippen molar-refractivity contribution in [1.29, 1.82) is 0 Å². The maximum Gasteiger partial charge on any atom is 0.326 e. The van der Waals surface area contributed by atoms with E-state index in [-0.39, 0.29) is 73.2 Å². The lowest BCUT2D eigenvalue weighted by atomic mass is 9.94. The fourth-order valence-electron chi connectivity index (χ4n) is 4.99. The van der Waals surface area contributed by atoms with Gasteiger partial charge in [-0.1, -0.05) is 6.92 Å². The summed E-state index contributed by atoms with van der Waals surface area (Å²) in [5.41, 5.74) is 16.8. The molecule has 2 aromatic heterocycles. The number of carbonyl (C=O) groups excluding carboxylic acids is 4. The molecule has 0 aliphatic rings. The third-order valence-electron chi connectivity index (χ3n) is 7.69. The first-order valence-electron chi connectivity index (χ1n) is 16.2. The fourth-order valence-corrected chi connectivity index (χ4v) is 4.99. The van der Waals surface area contributed by atoms with E-state index in [0.29, 0.717) is 17.8 Å². The fraction of sp³-hybridized carbons (Fsp3) is 0.406. The van der Waals surface area contributed by atoms with Gasteiger partial charge in [-0.05, 0) is 43.5 Å². The predicted molar refractivity (Wildman–Crippen MR) is 187 cm³/mol. The molecule has 0 radical (unpaired) electrons. The summed E-state index contributed by atoms with van der Waals surface area (Å²) in [6.45, 7) is 1.97. The quantitative estimate of drug-likeness (QED) is 0.0378. The van der Waals surface area contributed by atoms with Crippen molar-refractivity contribution in [3.63, 3.8) is 0 Å². The lowest BCUT2D eigenvalue weighted by Gasteiger charge is -2.21. The Labute approximate surface area is 296 Å². The van der Waals surface area contributed by atoms with Gasteiger partial charge in [0.1, 0.15) is 11.8 Å². The van der Waals surface area contributed by atoms with E-state index in [0.717, 1.165) is 0 Å². The summed E-state index contributed by atoms with van der Waals surface area (Å²) in [5.74, 6) is -6.75. The van der Waals surface area contributed by atoms with Gasteiger partial charge in [0.05, 0.1) is 36.8 Å². The Hall–Kier alpha value is -6.47. The highest BCUT2D eigenvalue weighted by Gasteiger charge is 2.29. The molecule has 0 aliphatic heterocycles. The highest BCUT2D eigenvalue weighted by molar-refractivity contribution is 5.97. The van der Waals surface area contributed by atoms with Gasteiger partial charge in [0.2, 0.25) is 11.9 Å². The number of fused-ring (bicyclic) bond motifs is 1. The molecule has 0 spiro atoms. The number of carboxylic acid groups (broad SMARTS) is 2. The van der Waals surface area contributed by atoms with Crippen LogP contribution >= 0.6 is 0 Å². The molecule has 20 heteroatoms. The standard InChI is InChI=1S/C32H41N11O9/c1-2-23(45)21(4-3-11-36-31(33)34)40-28(49)17(13-24(46)47)12-20(44)9-10-22(30(51)52)41-27(48)16-5-7-18(8-6-16)37-14-19-15-38-26-25(39-19)29(50)43-32(35)42-26/h5-8,15,17,21-22,37H,2-4,9-14H2,1H3,(H,40,49)(H,41,48)(H,46,47)(H,51,52)(H4,33,34,36)(H3,35,38,42,43,50)/t17-,21-,22-/m0/s1. The predicted octanol–water partition coefficient (Wildman–Crippen LogP) is -0.562. The minimum absolute atomic E-state index is 0.0162. The van der Waals surface area contributed by atoms with Crippen molar-refractivity contribution in [3.05, 3.63) is 52.1 Å². The largest absolute Gasteiger partial charge is 0.481 e. The molecule has 2 amide bonds. The van der Waals surface area contributed by atoms with Gasteiger partial charge in [-0.2, -0.15) is 4.98 Å². The summed E-state index contributed by atoms with van der Waals surface area (Å²) in [7, 11) is 0. The van der Waals surface area contributed by atoms with Crippen LogP contribution in [0.15, 0.2) is 40.2 Å². The number of nitrogens with two attached hydrogens (primary N) is 3. The monoisotopic (exact) mass is 723 g/mol. The Morgan fingerprint density at radius 3 is 2.31 bits per heavy atom. The molecule has 52 heavy (non-hydrogen) atoms. The molecule has 20 nitrogen and oxygen atoms in total. The van der Waals surface area contributed by atoms with Crippen LogP contribution in [0.25, 0.3) is 11.2 Å². The number of nitrogen functional groups attached to an aromatic ring is 1. The SMILES string of the molecule is CCC(=O)[C@H](CCCN=C(N)N)NC(=O)[C@H](CC(=O)O)CC(=O)CC[C@H](NC(=O)c1ccc(NCc2cnc3nc(N)[nH]c(=O)c3n2)cc1)C(=O)O. The molecule has 3 aromatic rings. The third kappa shape index (κ3) is 12.4. The lowest BCUT2D eigenvalue weighted by molar-refractivity contribution is -0.142. The van der Waals surface area contributed by atoms with Crippen molar-refractivity contribution in [2.24, 2.45) is 22.4 Å². The smallest absolute Gasteiger partial charge is 0.326 e. The van der Waals surface area contributed by atoms with E-state index in [2.05, 4.69) is 40.9 Å². The van der Waals surface area contributed by atoms with Crippen LogP contribution in [-0.2, 0) is 30.5 Å². The van der Waals surface area contributed by atoms with Crippen LogP contribution in [0.2, 0.25) is 0 Å². The Bertz CT molecular complexity index is 1880. The van der Waals surface area contributed by atoms with Gasteiger partial charge in [-0.25, -0.2) is 14.8 Å². The van der Waals surface area contributed by atoms with Gasteiger partial charge in [0.25, 0.3) is 11.5 Å². The van der Waals surface area contributed by atoms with Crippen LogP contribution in [0.5, 0.6) is 0 Å². The summed E-state index contributed by atoms with van der Waals surface area (Å²) >= 11 is 0. The molecular formula is C32H41N11O9. The minimum atomic E-state index is -1.47. The van der Waals surface area contributed by atoms with Crippen molar-refractivity contribution in [2.45, 2.75) is 70.5 Å². The topological polar surface area (TPSA) is 341 Å². The Kier molecular flexibility index (Phi) is 14.7. The molecule has 0 saturated carbocycles. The number of hydrogen-bond acceptors (Lipinski definition) is 13. The van der Waals surface area contributed by atoms with Gasteiger partial charge in [-0.3, -0.25) is 38.7 Å². The zero-order valence-electron chi connectivity index (χ0n) is 28.3. The second-order valence-corrected chi connectivity index (χ2v) is 11.7. The summed E-state index contributed by atoms with van der Waals surface area (Å²) in [6.07, 6.45) is 0.104. The van der Waals surface area contributed by atoms with E-state index in [9.17, 15) is 43.8 Å². The number of Topliss-reactive ketones (excluding diaryl/α,β-unsaturated/α-hetero) is 2. The molecule has 0 aliphatic carbocycles. The number of aromatic amines is 1. The number of carboxylic acids is 2. The second-order valence-electron chi connectivity index (χ2n) is 11.7. The van der Waals surface area contributed by atoms with E-state index < -0.39 is 65.9 Å². The van der Waals surface area contributed by atoms with Crippen LogP contribution < -0.4 is 38.7 Å². The number of aliphatic imine (C=N–C) groups is 1. The second kappa shape index (κ2) is 19.1. The molecule has 278 valence electrons. The van der Waals surface area contributed by atoms with Gasteiger partial charge in [0, 0.05) is 37.1 Å². The molecule has 1 aromatic carbocycles. The van der Waals surface area contributed by atoms with Crippen molar-refractivity contribution >= 4 is 64.1 Å². The number of ketones is 2. The average Bonchev–Trinajstić information content (AvgIpc) is 3.09. The molecule has 0 bridgehead atoms. The molecule has 12 N–H and O–H groups in total. The zero-order valence-corrected chi connectivity index (χ0v) is 28.3. The number of amides is 2. The molecule has 3 atom stereocenters. The summed E-state index contributed by atoms with van der Waals surface area (Å²) < 4.78 is 0. The minimum Gasteiger partial charge on any atom is -0.481 e. The number of hydrogen-bond donors (Lipinski definition) is 9. The molecule has 3 rings (SSSR count). The number of nitrogens with one attached hydrogen (secondary N) is 4. The number of H-pyrrole nitrogens is 1. The van der Waals surface area contributed by atoms with E-state index >= 15 is 0 Å². The van der Waals surface area contributed by atoms with E-state index in [1.807, 2.05) is 0 Å². The maximum absolute atomic E-state index is 13.0. The van der Waals surface area contributed by atoms with Gasteiger partial charge >= 0.3 is 11.9 Å². The first-order valence-corrected chi connectivity index (χ1v) is 16.2. The molecule has 0 saturated heterocycles. The van der Waals surface area contributed by atoms with Crippen LogP contribution in [0.4, 0.5) is 11.6 Å². The number of nitrogens with zero attached hydrogens (tertiary/aromatic N) is 4. The molecular weight excluding hydrogens is 682 g/mol. The molecule has 0 fully saturated rings. The first-order chi connectivity index (χ1) is 24.7. The number of aliphatic carboxylic acids is 2. The van der Waals surface area contributed by atoms with Gasteiger partial charge < -0.3 is 43.4 Å². The summed E-state index contributed by atoms with van der Waals surface area (Å²) in [4.78, 5) is 105. The van der Waals surface area contributed by atoms with E-state index in [4.69, 9.17) is 17.2 Å². The maximum atomic E-state index is 13.0. The number of carbonyl (C=O) groups is 6. The number of benzene rings is 1. The molecule has 2 heterocycles. The van der Waals surface area contributed by atoms with Gasteiger partial charge in [-0.15, -0.1) is 0 Å². The number of guanidine groups is 1. The average molecular weight is 724 g/mol. The van der Waals surface area contributed by atoms with Crippen molar-refractivity contribution in [1.82, 2.24) is 30.6 Å². The Morgan fingerprint density at radius 1 is 0.962 bits per heavy atom. The van der Waals surface area contributed by atoms with Crippen molar-refractivity contribution < 1.29 is 39.0 Å². The van der Waals surface area contributed by atoms with E-state index in [1.165, 1.54) is 18.3 Å². The highest BCUT2D eigenvalue weighted by Crippen LogP contribution is 2.16. The first kappa shape index (κ1) is 40.0. The Morgan fingerprint density at radius 2 is 1.67 bits per heavy atom. The van der Waals surface area contributed by atoms with Crippen LogP contribution in [0, 0.1) is 5.92 Å². The van der Waals surface area contributed by atoms with Crippen LogP contribution in [0.1, 0.15) is 67.9 Å². The number of anilines is 2. The van der Waals surface area contributed by atoms with Crippen LogP contribution in [0.3, 0.4) is 0 Å². The van der Waals surface area contributed by atoms with Gasteiger partial charge in [0.15, 0.2) is 22.9 Å². The third-order valence-corrected chi connectivity index (χ3v) is 7.69. The Balaban J connectivity index is 1.55. The van der Waals surface area contributed by atoms with Crippen LogP contribution in [-0.4, -0.2) is 90.1 Å². The lowest BCUT2D eigenvalue weighted by Crippen LogP contribution is -2.44. The van der Waals surface area contributed by atoms with Crippen molar-refractivity contribution in [3.8, 4) is 0 Å². The molecule has 0 unspecified atom stereocenters. The summed E-state index contributed by atoms with van der Waals surface area (Å²) in [5, 5.41) is 27.0. The number of aromatic nitrogens is 4.